The Morgan fingerprint density at radius 2 is 1.67 bits per heavy atom. The third kappa shape index (κ3) is 3.18. The van der Waals surface area contributed by atoms with Crippen LogP contribution in [-0.2, 0) is 13.1 Å². The highest BCUT2D eigenvalue weighted by Gasteiger charge is 1.93. The SMILES string of the molecule is c1ccc(CNCc2ccccn2)cc1. The minimum Gasteiger partial charge on any atom is -0.307 e. The maximum atomic E-state index is 4.25. The van der Waals surface area contributed by atoms with E-state index in [1.165, 1.54) is 5.56 Å². The van der Waals surface area contributed by atoms with E-state index in [0.717, 1.165) is 18.8 Å². The van der Waals surface area contributed by atoms with E-state index in [1.807, 2.05) is 30.5 Å². The molecule has 0 aliphatic heterocycles. The van der Waals surface area contributed by atoms with E-state index in [1.54, 1.807) is 0 Å². The average molecular weight is 198 g/mol. The van der Waals surface area contributed by atoms with Gasteiger partial charge in [-0.15, -0.1) is 0 Å². The van der Waals surface area contributed by atoms with E-state index in [2.05, 4.69) is 34.6 Å². The summed E-state index contributed by atoms with van der Waals surface area (Å²) in [4.78, 5) is 4.25. The van der Waals surface area contributed by atoms with Crippen molar-refractivity contribution in [1.29, 1.82) is 0 Å². The molecule has 0 saturated carbocycles. The Bertz CT molecular complexity index is 344. The lowest BCUT2D eigenvalue weighted by Crippen LogP contribution is -2.13. The molecule has 0 unspecified atom stereocenters. The van der Waals surface area contributed by atoms with Gasteiger partial charge in [0.05, 0.1) is 5.69 Å². The van der Waals surface area contributed by atoms with Crippen LogP contribution >= 0.6 is 0 Å². The van der Waals surface area contributed by atoms with Crippen LogP contribution in [0.2, 0.25) is 0 Å². The number of nitrogens with one attached hydrogen (secondary N) is 1. The highest BCUT2D eigenvalue weighted by Crippen LogP contribution is 1.98. The molecule has 0 saturated heterocycles. The quantitative estimate of drug-likeness (QED) is 0.815. The van der Waals surface area contributed by atoms with Crippen LogP contribution in [0.5, 0.6) is 0 Å². The zero-order valence-corrected chi connectivity index (χ0v) is 8.56. The first-order valence-electron chi connectivity index (χ1n) is 5.10. The molecule has 0 radical (unpaired) electrons. The predicted molar refractivity (Wildman–Crippen MR) is 61.2 cm³/mol. The summed E-state index contributed by atoms with van der Waals surface area (Å²) in [5, 5.41) is 3.36. The molecule has 15 heavy (non-hydrogen) atoms. The van der Waals surface area contributed by atoms with Gasteiger partial charge in [0.15, 0.2) is 0 Å². The highest BCUT2D eigenvalue weighted by atomic mass is 14.9. The zero-order chi connectivity index (χ0) is 10.3. The molecule has 1 aromatic heterocycles. The lowest BCUT2D eigenvalue weighted by molar-refractivity contribution is 0.680. The maximum Gasteiger partial charge on any atom is 0.0541 e. The van der Waals surface area contributed by atoms with Crippen molar-refractivity contribution in [3.63, 3.8) is 0 Å². The highest BCUT2D eigenvalue weighted by molar-refractivity contribution is 5.14. The molecule has 2 aromatic rings. The summed E-state index contributed by atoms with van der Waals surface area (Å²) in [5.74, 6) is 0. The molecule has 2 nitrogen and oxygen atoms in total. The van der Waals surface area contributed by atoms with Gasteiger partial charge in [0.25, 0.3) is 0 Å². The number of nitrogens with zero attached hydrogens (tertiary/aromatic N) is 1. The Morgan fingerprint density at radius 1 is 0.867 bits per heavy atom. The summed E-state index contributed by atoms with van der Waals surface area (Å²) in [5.41, 5.74) is 2.38. The third-order valence-electron chi connectivity index (χ3n) is 2.20. The molecule has 2 rings (SSSR count). The van der Waals surface area contributed by atoms with Crippen molar-refractivity contribution in [3.05, 3.63) is 66.0 Å². The molecular formula is C13H14N2. The van der Waals surface area contributed by atoms with Crippen LogP contribution in [0.15, 0.2) is 54.7 Å². The van der Waals surface area contributed by atoms with E-state index in [-0.39, 0.29) is 0 Å². The second-order valence-electron chi connectivity index (χ2n) is 3.41. The Balaban J connectivity index is 1.81. The standard InChI is InChI=1S/C13H14N2/c1-2-6-12(7-3-1)10-14-11-13-8-4-5-9-15-13/h1-9,14H,10-11H2. The summed E-state index contributed by atoms with van der Waals surface area (Å²) in [6.45, 7) is 1.70. The Kier molecular flexibility index (Phi) is 3.47. The Labute approximate surface area is 90.0 Å². The Hall–Kier alpha value is -1.67. The summed E-state index contributed by atoms with van der Waals surface area (Å²) in [7, 11) is 0. The molecule has 0 fully saturated rings. The van der Waals surface area contributed by atoms with Gasteiger partial charge >= 0.3 is 0 Å². The summed E-state index contributed by atoms with van der Waals surface area (Å²) < 4.78 is 0. The number of benzene rings is 1. The van der Waals surface area contributed by atoms with Gasteiger partial charge in [-0.25, -0.2) is 0 Å². The van der Waals surface area contributed by atoms with Gasteiger partial charge in [-0.05, 0) is 17.7 Å². The third-order valence-corrected chi connectivity index (χ3v) is 2.20. The molecule has 1 N–H and O–H groups in total. The smallest absolute Gasteiger partial charge is 0.0541 e. The fourth-order valence-electron chi connectivity index (χ4n) is 1.43. The van der Waals surface area contributed by atoms with Crippen LogP contribution in [0, 0.1) is 0 Å². The predicted octanol–water partition coefficient (Wildman–Crippen LogP) is 2.37. The fourth-order valence-corrected chi connectivity index (χ4v) is 1.43. The average Bonchev–Trinajstić information content (AvgIpc) is 2.32. The zero-order valence-electron chi connectivity index (χ0n) is 8.56. The molecule has 1 aromatic carbocycles. The van der Waals surface area contributed by atoms with E-state index >= 15 is 0 Å². The van der Waals surface area contributed by atoms with Crippen molar-refractivity contribution >= 4 is 0 Å². The largest absolute Gasteiger partial charge is 0.307 e. The van der Waals surface area contributed by atoms with Gasteiger partial charge in [0, 0.05) is 19.3 Å². The minimum atomic E-state index is 0.815. The number of hydrogen-bond donors (Lipinski definition) is 1. The minimum absolute atomic E-state index is 0.815. The van der Waals surface area contributed by atoms with Gasteiger partial charge in [0.1, 0.15) is 0 Å². The van der Waals surface area contributed by atoms with Crippen LogP contribution in [-0.4, -0.2) is 4.98 Å². The second-order valence-corrected chi connectivity index (χ2v) is 3.41. The van der Waals surface area contributed by atoms with Crippen molar-refractivity contribution < 1.29 is 0 Å². The number of aromatic nitrogens is 1. The first-order valence-corrected chi connectivity index (χ1v) is 5.10. The van der Waals surface area contributed by atoms with Crippen LogP contribution < -0.4 is 5.32 Å². The Morgan fingerprint density at radius 3 is 2.40 bits per heavy atom. The van der Waals surface area contributed by atoms with Crippen LogP contribution in [0.3, 0.4) is 0 Å². The van der Waals surface area contributed by atoms with Gasteiger partial charge in [-0.3, -0.25) is 4.98 Å². The first kappa shape index (κ1) is 9.87. The van der Waals surface area contributed by atoms with Crippen molar-refractivity contribution in [1.82, 2.24) is 10.3 Å². The van der Waals surface area contributed by atoms with Crippen molar-refractivity contribution in [2.45, 2.75) is 13.1 Å². The van der Waals surface area contributed by atoms with Crippen LogP contribution in [0.1, 0.15) is 11.3 Å². The summed E-state index contributed by atoms with van der Waals surface area (Å²) in [6.07, 6.45) is 1.82. The molecular weight excluding hydrogens is 184 g/mol. The molecule has 1 heterocycles. The molecule has 76 valence electrons. The van der Waals surface area contributed by atoms with Crippen LogP contribution in [0.4, 0.5) is 0 Å². The van der Waals surface area contributed by atoms with Gasteiger partial charge in [0.2, 0.25) is 0 Å². The summed E-state index contributed by atoms with van der Waals surface area (Å²) in [6, 6.07) is 16.3. The molecule has 0 aliphatic carbocycles. The molecule has 0 atom stereocenters. The molecule has 2 heteroatoms. The van der Waals surface area contributed by atoms with Gasteiger partial charge in [-0.1, -0.05) is 36.4 Å². The van der Waals surface area contributed by atoms with Crippen LogP contribution in [0.25, 0.3) is 0 Å². The van der Waals surface area contributed by atoms with Crippen molar-refractivity contribution in [3.8, 4) is 0 Å². The fraction of sp³-hybridized carbons (Fsp3) is 0.154. The first-order chi connectivity index (χ1) is 7.45. The number of rotatable bonds is 4. The van der Waals surface area contributed by atoms with Gasteiger partial charge < -0.3 is 5.32 Å². The molecule has 0 spiro atoms. The maximum absolute atomic E-state index is 4.25. The topological polar surface area (TPSA) is 24.9 Å². The summed E-state index contributed by atoms with van der Waals surface area (Å²) >= 11 is 0. The molecule has 0 amide bonds. The van der Waals surface area contributed by atoms with Crippen molar-refractivity contribution in [2.75, 3.05) is 0 Å². The number of pyridine rings is 1. The normalized spacial score (nSPS) is 10.1. The van der Waals surface area contributed by atoms with E-state index in [0.29, 0.717) is 0 Å². The lowest BCUT2D eigenvalue weighted by atomic mass is 10.2. The molecule has 0 bridgehead atoms. The van der Waals surface area contributed by atoms with Crippen molar-refractivity contribution in [2.24, 2.45) is 0 Å². The second kappa shape index (κ2) is 5.27. The lowest BCUT2D eigenvalue weighted by Gasteiger charge is -2.03. The van der Waals surface area contributed by atoms with Gasteiger partial charge in [-0.2, -0.15) is 0 Å². The monoisotopic (exact) mass is 198 g/mol. The van der Waals surface area contributed by atoms with E-state index in [9.17, 15) is 0 Å². The number of hydrogen-bond acceptors (Lipinski definition) is 2. The molecule has 0 aliphatic rings. The van der Waals surface area contributed by atoms with E-state index in [4.69, 9.17) is 0 Å². The van der Waals surface area contributed by atoms with E-state index < -0.39 is 0 Å².